The van der Waals surface area contributed by atoms with Crippen molar-refractivity contribution in [3.05, 3.63) is 72.3 Å². The van der Waals surface area contributed by atoms with Gasteiger partial charge in [-0.25, -0.2) is 4.79 Å². The van der Waals surface area contributed by atoms with E-state index >= 15 is 0 Å². The standard InChI is InChI=1S/C19H15NO3/c1-3-4-12(2)13-5-7-14(8-6-13)18-16-11-15(19(21)22)9-10-17(16)20-23-18/h3-11H,2H2,1H3,(H,21,22)/b4-3-. The Kier molecular flexibility index (Phi) is 3.81. The molecule has 0 atom stereocenters. The average Bonchev–Trinajstić information content (AvgIpc) is 2.98. The quantitative estimate of drug-likeness (QED) is 0.704. The highest BCUT2D eigenvalue weighted by Crippen LogP contribution is 2.30. The van der Waals surface area contributed by atoms with Crippen LogP contribution in [0.1, 0.15) is 22.8 Å². The van der Waals surface area contributed by atoms with E-state index in [2.05, 4.69) is 11.7 Å². The monoisotopic (exact) mass is 305 g/mol. The molecule has 2 aromatic carbocycles. The maximum Gasteiger partial charge on any atom is 0.335 e. The van der Waals surface area contributed by atoms with E-state index < -0.39 is 5.97 Å². The molecule has 0 spiro atoms. The number of fused-ring (bicyclic) bond motifs is 1. The van der Waals surface area contributed by atoms with Crippen LogP contribution < -0.4 is 0 Å². The summed E-state index contributed by atoms with van der Waals surface area (Å²) in [6.45, 7) is 5.94. The molecule has 0 unspecified atom stereocenters. The van der Waals surface area contributed by atoms with Crippen molar-refractivity contribution in [2.75, 3.05) is 0 Å². The van der Waals surface area contributed by atoms with E-state index in [-0.39, 0.29) is 5.56 Å². The van der Waals surface area contributed by atoms with Crippen molar-refractivity contribution in [3.63, 3.8) is 0 Å². The Morgan fingerprint density at radius 3 is 2.52 bits per heavy atom. The molecule has 0 saturated heterocycles. The molecular formula is C19H15NO3. The second kappa shape index (κ2) is 5.93. The molecule has 114 valence electrons. The van der Waals surface area contributed by atoms with Gasteiger partial charge < -0.3 is 9.63 Å². The largest absolute Gasteiger partial charge is 0.478 e. The van der Waals surface area contributed by atoms with E-state index in [1.165, 1.54) is 6.07 Å². The molecule has 1 heterocycles. The van der Waals surface area contributed by atoms with Crippen molar-refractivity contribution in [1.29, 1.82) is 0 Å². The second-order valence-electron chi connectivity index (χ2n) is 5.15. The summed E-state index contributed by atoms with van der Waals surface area (Å²) in [7, 11) is 0. The highest BCUT2D eigenvalue weighted by Gasteiger charge is 2.13. The summed E-state index contributed by atoms with van der Waals surface area (Å²) in [5, 5.41) is 13.8. The molecule has 0 aliphatic heterocycles. The van der Waals surface area contributed by atoms with Crippen LogP contribution in [0.5, 0.6) is 0 Å². The minimum atomic E-state index is -0.975. The number of carboxylic acids is 1. The number of hydrogen-bond donors (Lipinski definition) is 1. The lowest BCUT2D eigenvalue weighted by molar-refractivity contribution is 0.0697. The van der Waals surface area contributed by atoms with Crippen molar-refractivity contribution in [3.8, 4) is 11.3 Å². The Balaban J connectivity index is 2.04. The summed E-state index contributed by atoms with van der Waals surface area (Å²) in [4.78, 5) is 11.1. The van der Waals surface area contributed by atoms with Crippen LogP contribution in [0.15, 0.2) is 65.7 Å². The van der Waals surface area contributed by atoms with Gasteiger partial charge in [0.2, 0.25) is 0 Å². The molecule has 0 saturated carbocycles. The van der Waals surface area contributed by atoms with Crippen LogP contribution in [0.4, 0.5) is 0 Å². The fraction of sp³-hybridized carbons (Fsp3) is 0.0526. The van der Waals surface area contributed by atoms with Gasteiger partial charge in [-0.2, -0.15) is 0 Å². The van der Waals surface area contributed by atoms with Gasteiger partial charge in [-0.3, -0.25) is 0 Å². The summed E-state index contributed by atoms with van der Waals surface area (Å²) in [6.07, 6.45) is 3.88. The van der Waals surface area contributed by atoms with Gasteiger partial charge in [-0.05, 0) is 36.3 Å². The topological polar surface area (TPSA) is 63.3 Å². The smallest absolute Gasteiger partial charge is 0.335 e. The first kappa shape index (κ1) is 14.8. The fourth-order valence-electron chi connectivity index (χ4n) is 2.42. The highest BCUT2D eigenvalue weighted by molar-refractivity contribution is 5.98. The molecule has 4 heteroatoms. The number of benzene rings is 2. The molecule has 23 heavy (non-hydrogen) atoms. The maximum atomic E-state index is 11.1. The maximum absolute atomic E-state index is 11.1. The molecule has 0 aliphatic rings. The summed E-state index contributed by atoms with van der Waals surface area (Å²) >= 11 is 0. The lowest BCUT2D eigenvalue weighted by atomic mass is 10.0. The summed E-state index contributed by atoms with van der Waals surface area (Å²) in [5.74, 6) is -0.414. The Labute approximate surface area is 133 Å². The molecule has 1 N–H and O–H groups in total. The number of carboxylic acid groups (broad SMARTS) is 1. The van der Waals surface area contributed by atoms with Gasteiger partial charge in [-0.1, -0.05) is 48.2 Å². The number of hydrogen-bond acceptors (Lipinski definition) is 3. The number of aromatic nitrogens is 1. The van der Waals surface area contributed by atoms with Crippen LogP contribution in [0.25, 0.3) is 27.8 Å². The van der Waals surface area contributed by atoms with E-state index in [9.17, 15) is 4.79 Å². The van der Waals surface area contributed by atoms with Gasteiger partial charge in [0.05, 0.1) is 10.9 Å². The molecule has 4 nitrogen and oxygen atoms in total. The molecule has 0 amide bonds. The normalized spacial score (nSPS) is 11.2. The third-order valence-electron chi connectivity index (χ3n) is 3.61. The van der Waals surface area contributed by atoms with E-state index in [4.69, 9.17) is 9.63 Å². The van der Waals surface area contributed by atoms with Crippen molar-refractivity contribution < 1.29 is 14.4 Å². The number of aromatic carboxylic acids is 1. The molecule has 0 aliphatic carbocycles. The molecule has 1 aromatic heterocycles. The SMILES string of the molecule is C=C(/C=C\C)c1ccc(-c2onc3ccc(C(=O)O)cc23)cc1. The van der Waals surface area contributed by atoms with Crippen molar-refractivity contribution >= 4 is 22.4 Å². The first-order chi connectivity index (χ1) is 11.1. The number of carbonyl (C=O) groups is 1. The lowest BCUT2D eigenvalue weighted by Crippen LogP contribution is -1.94. The van der Waals surface area contributed by atoms with Gasteiger partial charge in [0.1, 0.15) is 5.52 Å². The molecular weight excluding hydrogens is 290 g/mol. The van der Waals surface area contributed by atoms with E-state index in [0.717, 1.165) is 16.7 Å². The molecule has 0 radical (unpaired) electrons. The number of allylic oxidation sites excluding steroid dienone is 3. The Morgan fingerprint density at radius 1 is 1.17 bits per heavy atom. The summed E-state index contributed by atoms with van der Waals surface area (Å²) < 4.78 is 5.40. The van der Waals surface area contributed by atoms with Gasteiger partial charge >= 0.3 is 5.97 Å². The van der Waals surface area contributed by atoms with E-state index in [1.807, 2.05) is 43.3 Å². The average molecular weight is 305 g/mol. The first-order valence-corrected chi connectivity index (χ1v) is 7.15. The van der Waals surface area contributed by atoms with Gasteiger partial charge in [0.15, 0.2) is 5.76 Å². The zero-order chi connectivity index (χ0) is 16.4. The highest BCUT2D eigenvalue weighted by atomic mass is 16.5. The summed E-state index contributed by atoms with van der Waals surface area (Å²) in [6, 6.07) is 12.5. The molecule has 0 fully saturated rings. The second-order valence-corrected chi connectivity index (χ2v) is 5.15. The van der Waals surface area contributed by atoms with E-state index in [0.29, 0.717) is 16.7 Å². The Hall–Kier alpha value is -3.14. The predicted molar refractivity (Wildman–Crippen MR) is 90.3 cm³/mol. The van der Waals surface area contributed by atoms with Gasteiger partial charge in [0, 0.05) is 5.56 Å². The van der Waals surface area contributed by atoms with Crippen molar-refractivity contribution in [1.82, 2.24) is 5.16 Å². The van der Waals surface area contributed by atoms with E-state index in [1.54, 1.807) is 12.1 Å². The van der Waals surface area contributed by atoms with Crippen LogP contribution in [-0.4, -0.2) is 16.2 Å². The lowest BCUT2D eigenvalue weighted by Gasteiger charge is -2.02. The summed E-state index contributed by atoms with van der Waals surface area (Å²) in [5.41, 5.74) is 3.62. The third-order valence-corrected chi connectivity index (χ3v) is 3.61. The zero-order valence-electron chi connectivity index (χ0n) is 12.6. The van der Waals surface area contributed by atoms with Crippen LogP contribution in [0.3, 0.4) is 0 Å². The van der Waals surface area contributed by atoms with Gasteiger partial charge in [-0.15, -0.1) is 0 Å². The Bertz CT molecular complexity index is 917. The number of rotatable bonds is 4. The van der Waals surface area contributed by atoms with Crippen LogP contribution in [0, 0.1) is 0 Å². The van der Waals surface area contributed by atoms with Crippen LogP contribution in [-0.2, 0) is 0 Å². The Morgan fingerprint density at radius 2 is 1.87 bits per heavy atom. The van der Waals surface area contributed by atoms with Gasteiger partial charge in [0.25, 0.3) is 0 Å². The minimum absolute atomic E-state index is 0.208. The predicted octanol–water partition coefficient (Wildman–Crippen LogP) is 4.78. The first-order valence-electron chi connectivity index (χ1n) is 7.15. The van der Waals surface area contributed by atoms with Crippen LogP contribution >= 0.6 is 0 Å². The minimum Gasteiger partial charge on any atom is -0.478 e. The number of nitrogens with zero attached hydrogens (tertiary/aromatic N) is 1. The molecule has 0 bridgehead atoms. The van der Waals surface area contributed by atoms with Crippen LogP contribution in [0.2, 0.25) is 0 Å². The molecule has 3 rings (SSSR count). The van der Waals surface area contributed by atoms with Crippen molar-refractivity contribution in [2.24, 2.45) is 0 Å². The third kappa shape index (κ3) is 2.79. The fourth-order valence-corrected chi connectivity index (χ4v) is 2.42. The zero-order valence-corrected chi connectivity index (χ0v) is 12.6. The van der Waals surface area contributed by atoms with Crippen molar-refractivity contribution in [2.45, 2.75) is 6.92 Å². The molecule has 3 aromatic rings.